The summed E-state index contributed by atoms with van der Waals surface area (Å²) in [5.41, 5.74) is 7.14. The number of nitrogens with two attached hydrogens (primary N) is 1. The van der Waals surface area contributed by atoms with Gasteiger partial charge in [0.15, 0.2) is 5.82 Å². The van der Waals surface area contributed by atoms with Crippen LogP contribution in [-0.2, 0) is 6.42 Å². The Labute approximate surface area is 98.8 Å². The molecule has 5 heteroatoms. The highest BCUT2D eigenvalue weighted by Gasteiger charge is 2.06. The number of aromatic nitrogens is 3. The maximum Gasteiger partial charge on any atom is 0.181 e. The first kappa shape index (κ1) is 11.0. The zero-order chi connectivity index (χ0) is 11.5. The number of nitrogens with zero attached hydrogens (tertiary/aromatic N) is 2. The van der Waals surface area contributed by atoms with Crippen molar-refractivity contribution in [2.45, 2.75) is 19.8 Å². The number of aryl methyl sites for hydroxylation is 1. The molecule has 3 N–H and O–H groups in total. The van der Waals surface area contributed by atoms with Gasteiger partial charge in [-0.05, 0) is 24.6 Å². The second-order valence-electron chi connectivity index (χ2n) is 3.59. The molecule has 2 aromatic rings. The summed E-state index contributed by atoms with van der Waals surface area (Å²) in [6.07, 6.45) is 1.94. The number of H-pyrrole nitrogens is 1. The molecule has 2 rings (SSSR count). The molecule has 1 aromatic carbocycles. The molecule has 0 unspecified atom stereocenters. The number of nitrogen functional groups attached to an aromatic ring is 1. The SMILES string of the molecule is CCCc1nc(-c2ccc(Cl)c(N)c2)n[nH]1. The molecule has 0 aliphatic carbocycles. The van der Waals surface area contributed by atoms with Crippen molar-refractivity contribution >= 4 is 17.3 Å². The highest BCUT2D eigenvalue weighted by atomic mass is 35.5. The summed E-state index contributed by atoms with van der Waals surface area (Å²) >= 11 is 5.85. The molecule has 0 saturated carbocycles. The minimum Gasteiger partial charge on any atom is -0.398 e. The van der Waals surface area contributed by atoms with Gasteiger partial charge < -0.3 is 5.73 Å². The molecule has 0 bridgehead atoms. The van der Waals surface area contributed by atoms with E-state index in [9.17, 15) is 0 Å². The van der Waals surface area contributed by atoms with Gasteiger partial charge in [-0.2, -0.15) is 5.10 Å². The standard InChI is InChI=1S/C11H13ClN4/c1-2-3-10-14-11(16-15-10)7-4-5-8(12)9(13)6-7/h4-6H,2-3,13H2,1H3,(H,14,15,16). The van der Waals surface area contributed by atoms with E-state index in [1.54, 1.807) is 12.1 Å². The summed E-state index contributed by atoms with van der Waals surface area (Å²) < 4.78 is 0. The van der Waals surface area contributed by atoms with Crippen molar-refractivity contribution in [3.8, 4) is 11.4 Å². The van der Waals surface area contributed by atoms with Gasteiger partial charge in [-0.1, -0.05) is 18.5 Å². The van der Waals surface area contributed by atoms with Gasteiger partial charge in [-0.15, -0.1) is 0 Å². The van der Waals surface area contributed by atoms with Crippen LogP contribution in [0.25, 0.3) is 11.4 Å². The lowest BCUT2D eigenvalue weighted by Crippen LogP contribution is -1.89. The zero-order valence-corrected chi connectivity index (χ0v) is 9.75. The third-order valence-corrected chi connectivity index (χ3v) is 2.62. The Morgan fingerprint density at radius 1 is 1.44 bits per heavy atom. The van der Waals surface area contributed by atoms with Crippen LogP contribution < -0.4 is 5.73 Å². The van der Waals surface area contributed by atoms with E-state index in [1.165, 1.54) is 0 Å². The fraction of sp³-hybridized carbons (Fsp3) is 0.273. The Hall–Kier alpha value is -1.55. The van der Waals surface area contributed by atoms with Crippen LogP contribution in [0.5, 0.6) is 0 Å². The number of nitrogens with one attached hydrogen (secondary N) is 1. The van der Waals surface area contributed by atoms with Gasteiger partial charge >= 0.3 is 0 Å². The summed E-state index contributed by atoms with van der Waals surface area (Å²) in [5, 5.41) is 7.59. The molecule has 0 fully saturated rings. The van der Waals surface area contributed by atoms with E-state index in [2.05, 4.69) is 22.1 Å². The molecule has 0 saturated heterocycles. The Balaban J connectivity index is 2.31. The first-order valence-corrected chi connectivity index (χ1v) is 5.55. The predicted molar refractivity (Wildman–Crippen MR) is 65.2 cm³/mol. The molecule has 1 aromatic heterocycles. The van der Waals surface area contributed by atoms with Gasteiger partial charge in [0.05, 0.1) is 10.7 Å². The molecular formula is C11H13ClN4. The van der Waals surface area contributed by atoms with Crippen molar-refractivity contribution in [1.82, 2.24) is 15.2 Å². The molecule has 0 atom stereocenters. The van der Waals surface area contributed by atoms with Crippen molar-refractivity contribution in [3.63, 3.8) is 0 Å². The minimum atomic E-state index is 0.543. The second-order valence-corrected chi connectivity index (χ2v) is 4.00. The number of hydrogen-bond donors (Lipinski definition) is 2. The van der Waals surface area contributed by atoms with Gasteiger partial charge in [-0.3, -0.25) is 5.10 Å². The van der Waals surface area contributed by atoms with Crippen LogP contribution in [-0.4, -0.2) is 15.2 Å². The van der Waals surface area contributed by atoms with E-state index in [0.29, 0.717) is 16.5 Å². The molecular weight excluding hydrogens is 224 g/mol. The Kier molecular flexibility index (Phi) is 3.10. The normalized spacial score (nSPS) is 10.6. The maximum absolute atomic E-state index is 5.85. The van der Waals surface area contributed by atoms with Gasteiger partial charge in [0.2, 0.25) is 0 Å². The summed E-state index contributed by atoms with van der Waals surface area (Å²) in [6, 6.07) is 5.39. The summed E-state index contributed by atoms with van der Waals surface area (Å²) in [4.78, 5) is 4.38. The second kappa shape index (κ2) is 4.53. The van der Waals surface area contributed by atoms with Crippen molar-refractivity contribution in [1.29, 1.82) is 0 Å². The number of hydrogen-bond acceptors (Lipinski definition) is 3. The van der Waals surface area contributed by atoms with Crippen molar-refractivity contribution in [3.05, 3.63) is 29.0 Å². The van der Waals surface area contributed by atoms with Crippen LogP contribution in [0.3, 0.4) is 0 Å². The fourth-order valence-corrected chi connectivity index (χ4v) is 1.57. The smallest absolute Gasteiger partial charge is 0.181 e. The monoisotopic (exact) mass is 236 g/mol. The number of halogens is 1. The maximum atomic E-state index is 5.85. The first-order chi connectivity index (χ1) is 7.70. The van der Waals surface area contributed by atoms with E-state index in [4.69, 9.17) is 17.3 Å². The van der Waals surface area contributed by atoms with E-state index in [-0.39, 0.29) is 0 Å². The lowest BCUT2D eigenvalue weighted by molar-refractivity contribution is 0.841. The van der Waals surface area contributed by atoms with Gasteiger partial charge in [-0.25, -0.2) is 4.98 Å². The summed E-state index contributed by atoms with van der Waals surface area (Å²) in [6.45, 7) is 2.10. The quantitative estimate of drug-likeness (QED) is 0.805. The van der Waals surface area contributed by atoms with Crippen LogP contribution >= 0.6 is 11.6 Å². The fourth-order valence-electron chi connectivity index (χ4n) is 1.46. The Bertz CT molecular complexity index is 492. The number of anilines is 1. The molecule has 0 aliphatic rings. The zero-order valence-electron chi connectivity index (χ0n) is 9.00. The van der Waals surface area contributed by atoms with Crippen LogP contribution in [0.1, 0.15) is 19.2 Å². The van der Waals surface area contributed by atoms with Crippen LogP contribution in [0.15, 0.2) is 18.2 Å². The van der Waals surface area contributed by atoms with Gasteiger partial charge in [0, 0.05) is 12.0 Å². The molecule has 84 valence electrons. The summed E-state index contributed by atoms with van der Waals surface area (Å²) in [7, 11) is 0. The Morgan fingerprint density at radius 3 is 2.94 bits per heavy atom. The largest absolute Gasteiger partial charge is 0.398 e. The molecule has 0 spiro atoms. The molecule has 16 heavy (non-hydrogen) atoms. The van der Waals surface area contributed by atoms with Crippen LogP contribution in [0, 0.1) is 0 Å². The Morgan fingerprint density at radius 2 is 2.25 bits per heavy atom. The molecule has 0 amide bonds. The third kappa shape index (κ3) is 2.17. The predicted octanol–water partition coefficient (Wildman–Crippen LogP) is 2.66. The van der Waals surface area contributed by atoms with E-state index >= 15 is 0 Å². The van der Waals surface area contributed by atoms with E-state index in [0.717, 1.165) is 24.2 Å². The lowest BCUT2D eigenvalue weighted by atomic mass is 10.2. The molecule has 4 nitrogen and oxygen atoms in total. The van der Waals surface area contributed by atoms with Crippen LogP contribution in [0.4, 0.5) is 5.69 Å². The van der Waals surface area contributed by atoms with Crippen LogP contribution in [0.2, 0.25) is 5.02 Å². The number of benzene rings is 1. The summed E-state index contributed by atoms with van der Waals surface area (Å²) in [5.74, 6) is 1.55. The highest BCUT2D eigenvalue weighted by molar-refractivity contribution is 6.33. The van der Waals surface area contributed by atoms with Crippen molar-refractivity contribution < 1.29 is 0 Å². The van der Waals surface area contributed by atoms with E-state index < -0.39 is 0 Å². The van der Waals surface area contributed by atoms with Crippen molar-refractivity contribution in [2.24, 2.45) is 0 Å². The molecule has 1 heterocycles. The minimum absolute atomic E-state index is 0.543. The topological polar surface area (TPSA) is 67.6 Å². The van der Waals surface area contributed by atoms with Gasteiger partial charge in [0.25, 0.3) is 0 Å². The molecule has 0 radical (unpaired) electrons. The lowest BCUT2D eigenvalue weighted by Gasteiger charge is -1.99. The molecule has 0 aliphatic heterocycles. The number of aromatic amines is 1. The van der Waals surface area contributed by atoms with E-state index in [1.807, 2.05) is 6.07 Å². The first-order valence-electron chi connectivity index (χ1n) is 5.17. The average Bonchev–Trinajstić information content (AvgIpc) is 2.71. The highest BCUT2D eigenvalue weighted by Crippen LogP contribution is 2.24. The van der Waals surface area contributed by atoms with Crippen molar-refractivity contribution in [2.75, 3.05) is 5.73 Å². The van der Waals surface area contributed by atoms with Gasteiger partial charge in [0.1, 0.15) is 5.82 Å². The number of rotatable bonds is 3. The average molecular weight is 237 g/mol. The third-order valence-electron chi connectivity index (χ3n) is 2.27.